The molecule has 0 aromatic rings. The first-order valence-corrected chi connectivity index (χ1v) is 13.8. The predicted octanol–water partition coefficient (Wildman–Crippen LogP) is 5.84. The Morgan fingerprint density at radius 2 is 1.33 bits per heavy atom. The van der Waals surface area contributed by atoms with Crippen molar-refractivity contribution in [3.63, 3.8) is 0 Å². The second kappa shape index (κ2) is 22.5. The number of nitrogens with zero attached hydrogens (tertiary/aromatic N) is 2. The standard InChI is InChI=1S/C32H46N2O5/c1-4-5-6-7-8-9-10-11-12-13-14-15-16-17-18-19-20-21-22-23-31(36)34-26-27-39-28-29(34)33(2)30(35)24-25-32(37)38-3/h5-6,8-9,11-12,14-15,17-18,20-21,24-25,29H,4,7,10,13,16,19,22-23,26-28H2,1-3H3. The summed E-state index contributed by atoms with van der Waals surface area (Å²) >= 11 is 0. The maximum Gasteiger partial charge on any atom is 0.330 e. The third kappa shape index (κ3) is 16.2. The molecule has 1 unspecified atom stereocenters. The van der Waals surface area contributed by atoms with Crippen molar-refractivity contribution in [1.82, 2.24) is 9.80 Å². The van der Waals surface area contributed by atoms with Crippen LogP contribution in [0.25, 0.3) is 0 Å². The quantitative estimate of drug-likeness (QED) is 0.132. The summed E-state index contributed by atoms with van der Waals surface area (Å²) in [7, 11) is 2.84. The minimum absolute atomic E-state index is 0.0283. The molecule has 0 aromatic carbocycles. The molecule has 39 heavy (non-hydrogen) atoms. The Bertz CT molecular complexity index is 927. The molecule has 1 aliphatic rings. The molecular formula is C32H46N2O5. The number of allylic oxidation sites excluding steroid dienone is 12. The number of likely N-dealkylation sites (N-methyl/N-ethyl adjacent to an activating group) is 1. The van der Waals surface area contributed by atoms with Crippen LogP contribution in [0.1, 0.15) is 58.3 Å². The molecule has 0 N–H and O–H groups in total. The Balaban J connectivity index is 2.26. The summed E-state index contributed by atoms with van der Waals surface area (Å²) in [5.74, 6) is -1.04. The third-order valence-electron chi connectivity index (χ3n) is 5.90. The topological polar surface area (TPSA) is 76.2 Å². The summed E-state index contributed by atoms with van der Waals surface area (Å²) in [6.45, 7) is 3.23. The number of methoxy groups -OCH3 is 1. The highest BCUT2D eigenvalue weighted by atomic mass is 16.5. The average Bonchev–Trinajstić information content (AvgIpc) is 2.96. The maximum absolute atomic E-state index is 12.8. The number of carbonyl (C=O) groups excluding carboxylic acids is 3. The van der Waals surface area contributed by atoms with Gasteiger partial charge in [-0.2, -0.15) is 0 Å². The first-order valence-electron chi connectivity index (χ1n) is 13.8. The molecule has 1 aliphatic heterocycles. The van der Waals surface area contributed by atoms with Gasteiger partial charge in [0.25, 0.3) is 0 Å². The Labute approximate surface area is 234 Å². The lowest BCUT2D eigenvalue weighted by atomic mass is 10.2. The summed E-state index contributed by atoms with van der Waals surface area (Å²) in [6, 6.07) is 0. The van der Waals surface area contributed by atoms with Crippen molar-refractivity contribution in [2.24, 2.45) is 0 Å². The zero-order valence-corrected chi connectivity index (χ0v) is 23.9. The molecule has 1 saturated heterocycles. The molecule has 1 heterocycles. The van der Waals surface area contributed by atoms with E-state index in [4.69, 9.17) is 4.74 Å². The molecule has 7 nitrogen and oxygen atoms in total. The van der Waals surface area contributed by atoms with Crippen LogP contribution in [0.4, 0.5) is 0 Å². The van der Waals surface area contributed by atoms with Crippen molar-refractivity contribution < 1.29 is 23.9 Å². The van der Waals surface area contributed by atoms with Gasteiger partial charge in [-0.25, -0.2) is 4.79 Å². The Morgan fingerprint density at radius 3 is 1.85 bits per heavy atom. The number of rotatable bonds is 17. The van der Waals surface area contributed by atoms with Crippen molar-refractivity contribution in [2.45, 2.75) is 64.5 Å². The van der Waals surface area contributed by atoms with E-state index < -0.39 is 18.0 Å². The second-order valence-electron chi connectivity index (χ2n) is 8.90. The fraction of sp³-hybridized carbons (Fsp3) is 0.469. The third-order valence-corrected chi connectivity index (χ3v) is 5.90. The lowest BCUT2D eigenvalue weighted by Gasteiger charge is -2.40. The molecule has 0 radical (unpaired) electrons. The van der Waals surface area contributed by atoms with Crippen molar-refractivity contribution in [3.05, 3.63) is 85.1 Å². The van der Waals surface area contributed by atoms with E-state index in [9.17, 15) is 14.4 Å². The molecule has 0 bridgehead atoms. The smallest absolute Gasteiger partial charge is 0.330 e. The van der Waals surface area contributed by atoms with Crippen LogP contribution >= 0.6 is 0 Å². The van der Waals surface area contributed by atoms with Crippen LogP contribution in [0.2, 0.25) is 0 Å². The van der Waals surface area contributed by atoms with E-state index in [1.165, 1.54) is 12.0 Å². The van der Waals surface area contributed by atoms with Gasteiger partial charge in [0.15, 0.2) is 0 Å². The van der Waals surface area contributed by atoms with Crippen LogP contribution < -0.4 is 0 Å². The van der Waals surface area contributed by atoms with E-state index in [0.29, 0.717) is 26.0 Å². The Morgan fingerprint density at radius 1 is 0.821 bits per heavy atom. The van der Waals surface area contributed by atoms with Crippen molar-refractivity contribution >= 4 is 17.8 Å². The zero-order valence-electron chi connectivity index (χ0n) is 23.9. The molecule has 0 aliphatic carbocycles. The van der Waals surface area contributed by atoms with Gasteiger partial charge in [-0.15, -0.1) is 0 Å². The Kier molecular flexibility index (Phi) is 19.4. The van der Waals surface area contributed by atoms with Crippen LogP contribution in [0, 0.1) is 0 Å². The average molecular weight is 539 g/mol. The van der Waals surface area contributed by atoms with Gasteiger partial charge in [0.05, 0.1) is 20.3 Å². The lowest BCUT2D eigenvalue weighted by Crippen LogP contribution is -2.57. The molecule has 1 fully saturated rings. The van der Waals surface area contributed by atoms with Crippen LogP contribution in [-0.4, -0.2) is 67.7 Å². The highest BCUT2D eigenvalue weighted by Gasteiger charge is 2.31. The summed E-state index contributed by atoms with van der Waals surface area (Å²) in [6.07, 6.45) is 34.3. The van der Waals surface area contributed by atoms with E-state index in [-0.39, 0.29) is 12.5 Å². The number of esters is 1. The van der Waals surface area contributed by atoms with Crippen molar-refractivity contribution in [2.75, 3.05) is 33.9 Å². The Hall–Kier alpha value is -3.45. The van der Waals surface area contributed by atoms with Gasteiger partial charge in [-0.05, 0) is 44.9 Å². The van der Waals surface area contributed by atoms with Gasteiger partial charge in [-0.3, -0.25) is 9.59 Å². The molecule has 0 aromatic heterocycles. The maximum atomic E-state index is 12.8. The number of morpholine rings is 1. The number of hydrogen-bond donors (Lipinski definition) is 0. The first-order chi connectivity index (χ1) is 19.0. The monoisotopic (exact) mass is 538 g/mol. The highest BCUT2D eigenvalue weighted by molar-refractivity contribution is 5.94. The fourth-order valence-corrected chi connectivity index (χ4v) is 3.66. The largest absolute Gasteiger partial charge is 0.466 e. The highest BCUT2D eigenvalue weighted by Crippen LogP contribution is 2.14. The fourth-order valence-electron chi connectivity index (χ4n) is 3.66. The predicted molar refractivity (Wildman–Crippen MR) is 158 cm³/mol. The van der Waals surface area contributed by atoms with Crippen LogP contribution in [-0.2, 0) is 23.9 Å². The van der Waals surface area contributed by atoms with Gasteiger partial charge in [0.2, 0.25) is 11.8 Å². The summed E-state index contributed by atoms with van der Waals surface area (Å²) in [4.78, 5) is 39.5. The lowest BCUT2D eigenvalue weighted by molar-refractivity contribution is -0.153. The minimum atomic E-state index is -0.610. The number of hydrogen-bond acceptors (Lipinski definition) is 5. The first kappa shape index (κ1) is 33.6. The van der Waals surface area contributed by atoms with Crippen LogP contribution in [0.3, 0.4) is 0 Å². The molecule has 0 spiro atoms. The van der Waals surface area contributed by atoms with Crippen LogP contribution in [0.15, 0.2) is 85.1 Å². The summed E-state index contributed by atoms with van der Waals surface area (Å²) in [5.41, 5.74) is 0. The number of ether oxygens (including phenoxy) is 2. The zero-order chi connectivity index (χ0) is 28.6. The number of amides is 2. The molecule has 0 saturated carbocycles. The molecule has 2 amide bonds. The second-order valence-corrected chi connectivity index (χ2v) is 8.90. The molecule has 214 valence electrons. The van der Waals surface area contributed by atoms with Gasteiger partial charge < -0.3 is 19.3 Å². The van der Waals surface area contributed by atoms with Gasteiger partial charge in [0.1, 0.15) is 6.17 Å². The van der Waals surface area contributed by atoms with Gasteiger partial charge in [0, 0.05) is 32.2 Å². The van der Waals surface area contributed by atoms with E-state index in [1.807, 2.05) is 6.08 Å². The van der Waals surface area contributed by atoms with Crippen molar-refractivity contribution in [1.29, 1.82) is 0 Å². The molecule has 1 rings (SSSR count). The molecule has 1 atom stereocenters. The normalized spacial score (nSPS) is 16.8. The summed E-state index contributed by atoms with van der Waals surface area (Å²) < 4.78 is 10.00. The van der Waals surface area contributed by atoms with E-state index in [0.717, 1.165) is 50.7 Å². The molecule has 7 heteroatoms. The van der Waals surface area contributed by atoms with E-state index >= 15 is 0 Å². The number of carbonyl (C=O) groups is 3. The molecular weight excluding hydrogens is 492 g/mol. The van der Waals surface area contributed by atoms with Crippen molar-refractivity contribution in [3.8, 4) is 0 Å². The van der Waals surface area contributed by atoms with E-state index in [2.05, 4.69) is 78.5 Å². The van der Waals surface area contributed by atoms with E-state index in [1.54, 1.807) is 11.9 Å². The summed E-state index contributed by atoms with van der Waals surface area (Å²) in [5, 5.41) is 0. The minimum Gasteiger partial charge on any atom is -0.466 e. The van der Waals surface area contributed by atoms with Gasteiger partial charge >= 0.3 is 5.97 Å². The van der Waals surface area contributed by atoms with Gasteiger partial charge in [-0.1, -0.05) is 79.8 Å². The van der Waals surface area contributed by atoms with Crippen LogP contribution in [0.5, 0.6) is 0 Å². The SMILES string of the molecule is CCC=CCC=CCC=CCC=CCC=CCC=CCCC(=O)N1CCOCC1N(C)C(=O)C=CC(=O)OC.